The van der Waals surface area contributed by atoms with Gasteiger partial charge in [0.15, 0.2) is 11.6 Å². The molecule has 0 aliphatic heterocycles. The minimum absolute atomic E-state index is 0.00877. The number of aromatic nitrogens is 7. The second kappa shape index (κ2) is 7.43. The molecule has 0 radical (unpaired) electrons. The molecule has 11 heteroatoms. The minimum atomic E-state index is -1.08. The number of aromatic hydroxyl groups is 1. The molecule has 0 fully saturated rings. The number of fused-ring (bicyclic) bond motifs is 1. The lowest BCUT2D eigenvalue weighted by Gasteiger charge is -2.11. The Hall–Kier alpha value is -4.02. The third-order valence-electron chi connectivity index (χ3n) is 4.43. The van der Waals surface area contributed by atoms with Crippen LogP contribution in [0.25, 0.3) is 16.9 Å². The normalized spacial score (nSPS) is 11.3. The third-order valence-corrected chi connectivity index (χ3v) is 4.43. The van der Waals surface area contributed by atoms with Crippen LogP contribution in [-0.2, 0) is 6.42 Å². The number of nitrogens with one attached hydrogen (secondary N) is 1. The quantitative estimate of drug-likeness (QED) is 0.438. The molecule has 0 spiro atoms. The summed E-state index contributed by atoms with van der Waals surface area (Å²) in [4.78, 5) is 17.6. The van der Waals surface area contributed by atoms with Gasteiger partial charge >= 0.3 is 5.97 Å². The van der Waals surface area contributed by atoms with Gasteiger partial charge in [0, 0.05) is 29.9 Å². The summed E-state index contributed by atoms with van der Waals surface area (Å²) in [6.45, 7) is 5.77. The largest absolute Gasteiger partial charge is 0.508 e. The number of hydrogen-bond acceptors (Lipinski definition) is 8. The Labute approximate surface area is 171 Å². The molecule has 0 unspecified atom stereocenters. The van der Waals surface area contributed by atoms with E-state index in [9.17, 15) is 15.0 Å². The predicted molar refractivity (Wildman–Crippen MR) is 108 cm³/mol. The first kappa shape index (κ1) is 19.3. The molecular weight excluding hydrogens is 388 g/mol. The summed E-state index contributed by atoms with van der Waals surface area (Å²) >= 11 is 0. The van der Waals surface area contributed by atoms with Gasteiger partial charge < -0.3 is 15.5 Å². The van der Waals surface area contributed by atoms with Gasteiger partial charge in [-0.3, -0.25) is 0 Å². The number of nitrogens with zero attached hydrogens (tertiary/aromatic N) is 7. The highest BCUT2D eigenvalue weighted by Crippen LogP contribution is 2.30. The first-order valence-electron chi connectivity index (χ1n) is 9.38. The highest BCUT2D eigenvalue weighted by Gasteiger charge is 2.18. The number of anilines is 2. The fourth-order valence-corrected chi connectivity index (χ4v) is 2.99. The number of tetrazole rings is 1. The number of carboxylic acid groups (broad SMARTS) is 1. The van der Waals surface area contributed by atoms with Crippen LogP contribution in [0.15, 0.2) is 30.5 Å². The molecule has 4 rings (SSSR count). The van der Waals surface area contributed by atoms with Crippen molar-refractivity contribution in [2.45, 2.75) is 33.2 Å². The molecule has 0 bridgehead atoms. The zero-order chi connectivity index (χ0) is 21.4. The summed E-state index contributed by atoms with van der Waals surface area (Å²) < 4.78 is 1.48. The number of aryl methyl sites for hydroxylation is 1. The van der Waals surface area contributed by atoms with Crippen molar-refractivity contribution in [3.63, 3.8) is 0 Å². The predicted octanol–water partition coefficient (Wildman–Crippen LogP) is 2.67. The molecule has 11 nitrogen and oxygen atoms in total. The molecule has 154 valence electrons. The van der Waals surface area contributed by atoms with Crippen LogP contribution in [0.3, 0.4) is 0 Å². The van der Waals surface area contributed by atoms with E-state index in [1.807, 2.05) is 20.8 Å². The van der Waals surface area contributed by atoms with E-state index in [1.54, 1.807) is 12.3 Å². The van der Waals surface area contributed by atoms with E-state index < -0.39 is 5.97 Å². The average Bonchev–Trinajstić information content (AvgIpc) is 3.35. The minimum Gasteiger partial charge on any atom is -0.508 e. The van der Waals surface area contributed by atoms with E-state index in [2.05, 4.69) is 30.8 Å². The maximum Gasteiger partial charge on any atom is 0.338 e. The van der Waals surface area contributed by atoms with Gasteiger partial charge in [-0.25, -0.2) is 14.3 Å². The summed E-state index contributed by atoms with van der Waals surface area (Å²) in [5.74, 6) is 0.128. The zero-order valence-corrected chi connectivity index (χ0v) is 16.6. The van der Waals surface area contributed by atoms with Crippen LogP contribution >= 0.6 is 0 Å². The molecule has 0 aliphatic carbocycles. The molecule has 4 aromatic rings. The van der Waals surface area contributed by atoms with Crippen LogP contribution in [0.5, 0.6) is 5.75 Å². The molecule has 0 amide bonds. The Morgan fingerprint density at radius 1 is 1.23 bits per heavy atom. The molecule has 3 heterocycles. The summed E-state index contributed by atoms with van der Waals surface area (Å²) in [5, 5.41) is 39.5. The van der Waals surface area contributed by atoms with Gasteiger partial charge in [-0.1, -0.05) is 6.92 Å². The van der Waals surface area contributed by atoms with Gasteiger partial charge in [-0.2, -0.15) is 9.90 Å². The van der Waals surface area contributed by atoms with Crippen molar-refractivity contribution in [3.8, 4) is 17.1 Å². The lowest BCUT2D eigenvalue weighted by atomic mass is 10.1. The number of carboxylic acids is 1. The molecule has 3 N–H and O–H groups in total. The maximum atomic E-state index is 11.6. The lowest BCUT2D eigenvalue weighted by molar-refractivity contribution is 0.0699. The maximum absolute atomic E-state index is 11.6. The van der Waals surface area contributed by atoms with Crippen LogP contribution < -0.4 is 5.32 Å². The van der Waals surface area contributed by atoms with Crippen LogP contribution in [0, 0.1) is 0 Å². The van der Waals surface area contributed by atoms with Crippen LogP contribution in [-0.4, -0.2) is 51.0 Å². The molecule has 3 aromatic heterocycles. The molecule has 0 saturated heterocycles. The highest BCUT2D eigenvalue weighted by molar-refractivity contribution is 5.99. The van der Waals surface area contributed by atoms with E-state index in [4.69, 9.17) is 0 Å². The number of hydrogen-bond donors (Lipinski definition) is 3. The van der Waals surface area contributed by atoms with E-state index in [-0.39, 0.29) is 17.4 Å². The summed E-state index contributed by atoms with van der Waals surface area (Å²) in [7, 11) is 0. The first-order chi connectivity index (χ1) is 14.4. The molecule has 30 heavy (non-hydrogen) atoms. The number of carbonyl (C=O) groups is 1. The van der Waals surface area contributed by atoms with Crippen LogP contribution in [0.1, 0.15) is 43.0 Å². The topological polar surface area (TPSA) is 143 Å². The highest BCUT2D eigenvalue weighted by atomic mass is 16.4. The average molecular weight is 408 g/mol. The number of phenols is 1. The van der Waals surface area contributed by atoms with Crippen molar-refractivity contribution in [1.29, 1.82) is 0 Å². The van der Waals surface area contributed by atoms with Crippen molar-refractivity contribution < 1.29 is 15.0 Å². The second-order valence-corrected chi connectivity index (χ2v) is 6.98. The van der Waals surface area contributed by atoms with Crippen LogP contribution in [0.4, 0.5) is 11.5 Å². The van der Waals surface area contributed by atoms with Gasteiger partial charge in [0.2, 0.25) is 5.82 Å². The number of phenolic OH excluding ortho intramolecular Hbond substituents is 1. The molecule has 0 aliphatic rings. The van der Waals surface area contributed by atoms with Crippen LogP contribution in [0.2, 0.25) is 0 Å². The smallest absolute Gasteiger partial charge is 0.338 e. The monoisotopic (exact) mass is 408 g/mol. The number of aromatic carboxylic acids is 1. The molecule has 0 atom stereocenters. The van der Waals surface area contributed by atoms with Crippen molar-refractivity contribution in [2.24, 2.45) is 0 Å². The summed E-state index contributed by atoms with van der Waals surface area (Å²) in [6.07, 6.45) is 2.14. The summed E-state index contributed by atoms with van der Waals surface area (Å²) in [5.41, 5.74) is 1.45. The van der Waals surface area contributed by atoms with Crippen molar-refractivity contribution >= 4 is 23.0 Å². The van der Waals surface area contributed by atoms with Gasteiger partial charge in [0.25, 0.3) is 0 Å². The first-order valence-corrected chi connectivity index (χ1v) is 9.38. The number of benzene rings is 1. The standard InChI is InChI=1S/C19H20N8O3/c1-4-15-21-18(16-14(19(29)30)5-6-26(16)23-15)20-12-7-11(8-13(28)9-12)17-22-25-27(24-17)10(2)3/h5-10,28H,4H2,1-3H3,(H,29,30)(H,20,21,23). The Balaban J connectivity index is 1.79. The molecule has 0 saturated carbocycles. The van der Waals surface area contributed by atoms with Gasteiger partial charge in [0.1, 0.15) is 11.3 Å². The fraction of sp³-hybridized carbons (Fsp3) is 0.263. The van der Waals surface area contributed by atoms with Crippen molar-refractivity contribution in [3.05, 3.63) is 41.9 Å². The third kappa shape index (κ3) is 3.52. The van der Waals surface area contributed by atoms with Gasteiger partial charge in [-0.05, 0) is 37.3 Å². The van der Waals surface area contributed by atoms with Gasteiger partial charge in [-0.15, -0.1) is 10.2 Å². The van der Waals surface area contributed by atoms with Crippen molar-refractivity contribution in [2.75, 3.05) is 5.32 Å². The van der Waals surface area contributed by atoms with E-state index in [0.29, 0.717) is 40.7 Å². The van der Waals surface area contributed by atoms with Gasteiger partial charge in [0.05, 0.1) is 11.6 Å². The van der Waals surface area contributed by atoms with E-state index >= 15 is 0 Å². The zero-order valence-electron chi connectivity index (χ0n) is 16.6. The Morgan fingerprint density at radius 3 is 2.70 bits per heavy atom. The molecule has 1 aromatic carbocycles. The van der Waals surface area contributed by atoms with E-state index in [1.165, 1.54) is 27.5 Å². The summed E-state index contributed by atoms with van der Waals surface area (Å²) in [6, 6.07) is 6.28. The second-order valence-electron chi connectivity index (χ2n) is 6.98. The lowest BCUT2D eigenvalue weighted by Crippen LogP contribution is -2.07. The Morgan fingerprint density at radius 2 is 2.03 bits per heavy atom. The molecular formula is C19H20N8O3. The van der Waals surface area contributed by atoms with E-state index in [0.717, 1.165) is 0 Å². The Kier molecular flexibility index (Phi) is 4.78. The fourth-order valence-electron chi connectivity index (χ4n) is 2.99. The van der Waals surface area contributed by atoms with Crippen molar-refractivity contribution in [1.82, 2.24) is 34.8 Å². The number of rotatable bonds is 6. The SMILES string of the molecule is CCc1nc(Nc2cc(O)cc(-c3nnn(C(C)C)n3)c2)c2c(C(=O)O)ccn2n1. The Bertz CT molecular complexity index is 1240.